The molecule has 0 aliphatic carbocycles. The van der Waals surface area contributed by atoms with Crippen LogP contribution in [0, 0.1) is 0 Å². The summed E-state index contributed by atoms with van der Waals surface area (Å²) >= 11 is 1.57. The molecule has 0 radical (unpaired) electrons. The monoisotopic (exact) mass is 322 g/mol. The van der Waals surface area contributed by atoms with Crippen LogP contribution in [0.4, 0.5) is 0 Å². The van der Waals surface area contributed by atoms with Gasteiger partial charge < -0.3 is 4.74 Å². The summed E-state index contributed by atoms with van der Waals surface area (Å²) in [6, 6.07) is 17.7. The summed E-state index contributed by atoms with van der Waals surface area (Å²) in [7, 11) is 0. The van der Waals surface area contributed by atoms with Gasteiger partial charge >= 0.3 is 5.97 Å². The molecule has 0 amide bonds. The minimum Gasteiger partial charge on any atom is -0.461 e. The van der Waals surface area contributed by atoms with E-state index in [0.29, 0.717) is 18.0 Å². The molecule has 114 valence electrons. The van der Waals surface area contributed by atoms with Crippen LogP contribution in [0.5, 0.6) is 0 Å². The number of carbonyl (C=O) groups excluding carboxylic acids is 1. The second kappa shape index (κ2) is 5.52. The van der Waals surface area contributed by atoms with Crippen LogP contribution in [0.25, 0.3) is 26.4 Å². The number of benzene rings is 2. The van der Waals surface area contributed by atoms with Crippen molar-refractivity contribution in [1.29, 1.82) is 0 Å². The zero-order valence-electron chi connectivity index (χ0n) is 12.5. The van der Waals surface area contributed by atoms with Gasteiger partial charge in [-0.1, -0.05) is 53.8 Å². The van der Waals surface area contributed by atoms with Gasteiger partial charge in [-0.15, -0.1) is 0 Å². The first kappa shape index (κ1) is 14.0. The first-order chi connectivity index (χ1) is 11.3. The number of hydrogen-bond donors (Lipinski definition) is 0. The molecule has 5 heteroatoms. The molecule has 4 nitrogen and oxygen atoms in total. The van der Waals surface area contributed by atoms with Crippen LogP contribution in [0.2, 0.25) is 0 Å². The Morgan fingerprint density at radius 2 is 1.87 bits per heavy atom. The van der Waals surface area contributed by atoms with Gasteiger partial charge in [0, 0.05) is 5.56 Å². The molecule has 2 aromatic heterocycles. The molecule has 0 unspecified atom stereocenters. The van der Waals surface area contributed by atoms with Crippen LogP contribution in [0.3, 0.4) is 0 Å². The minimum atomic E-state index is -0.345. The Morgan fingerprint density at radius 3 is 2.65 bits per heavy atom. The van der Waals surface area contributed by atoms with Gasteiger partial charge in [0.25, 0.3) is 0 Å². The Bertz CT molecular complexity index is 1000. The van der Waals surface area contributed by atoms with Gasteiger partial charge in [0.1, 0.15) is 5.69 Å². The lowest BCUT2D eigenvalue weighted by Gasteiger charge is -2.05. The third-order valence-electron chi connectivity index (χ3n) is 3.67. The van der Waals surface area contributed by atoms with Gasteiger partial charge in [-0.3, -0.25) is 4.40 Å². The smallest absolute Gasteiger partial charge is 0.357 e. The van der Waals surface area contributed by atoms with E-state index in [1.165, 1.54) is 0 Å². The van der Waals surface area contributed by atoms with Crippen LogP contribution in [0.1, 0.15) is 17.4 Å². The van der Waals surface area contributed by atoms with Gasteiger partial charge in [0.2, 0.25) is 0 Å². The summed E-state index contributed by atoms with van der Waals surface area (Å²) in [5.41, 5.74) is 3.05. The molecule has 0 saturated carbocycles. The quantitative estimate of drug-likeness (QED) is 0.525. The maximum Gasteiger partial charge on any atom is 0.357 e. The largest absolute Gasteiger partial charge is 0.461 e. The minimum absolute atomic E-state index is 0.336. The third kappa shape index (κ3) is 2.21. The van der Waals surface area contributed by atoms with E-state index in [2.05, 4.69) is 0 Å². The number of aromatic nitrogens is 2. The lowest BCUT2D eigenvalue weighted by atomic mass is 10.1. The normalized spacial score (nSPS) is 11.2. The highest BCUT2D eigenvalue weighted by Gasteiger charge is 2.24. The number of nitrogens with zero attached hydrogens (tertiary/aromatic N) is 2. The summed E-state index contributed by atoms with van der Waals surface area (Å²) in [6.07, 6.45) is 0. The number of fused-ring (bicyclic) bond motifs is 3. The predicted molar refractivity (Wildman–Crippen MR) is 92.0 cm³/mol. The predicted octanol–water partition coefficient (Wildman–Crippen LogP) is 4.39. The zero-order valence-corrected chi connectivity index (χ0v) is 13.3. The van der Waals surface area contributed by atoms with Crippen molar-refractivity contribution in [2.45, 2.75) is 6.92 Å². The fourth-order valence-electron chi connectivity index (χ4n) is 2.70. The maximum atomic E-state index is 12.6. The Labute approximate surface area is 137 Å². The van der Waals surface area contributed by atoms with Gasteiger partial charge in [0.05, 0.1) is 16.8 Å². The molecule has 2 aromatic carbocycles. The van der Waals surface area contributed by atoms with Crippen LogP contribution < -0.4 is 0 Å². The van der Waals surface area contributed by atoms with E-state index in [1.54, 1.807) is 11.3 Å². The first-order valence-electron chi connectivity index (χ1n) is 7.42. The average molecular weight is 322 g/mol. The van der Waals surface area contributed by atoms with Gasteiger partial charge in [0.15, 0.2) is 10.7 Å². The maximum absolute atomic E-state index is 12.6. The van der Waals surface area contributed by atoms with Gasteiger partial charge in [-0.25, -0.2) is 9.78 Å². The molecule has 0 N–H and O–H groups in total. The Morgan fingerprint density at radius 1 is 1.13 bits per heavy atom. The molecule has 0 atom stereocenters. The van der Waals surface area contributed by atoms with E-state index in [4.69, 9.17) is 9.72 Å². The second-order valence-electron chi connectivity index (χ2n) is 5.08. The number of para-hydroxylation sites is 1. The number of esters is 1. The van der Waals surface area contributed by atoms with Crippen molar-refractivity contribution < 1.29 is 9.53 Å². The Balaban J connectivity index is 2.07. The first-order valence-corrected chi connectivity index (χ1v) is 8.23. The van der Waals surface area contributed by atoms with E-state index >= 15 is 0 Å². The molecule has 0 fully saturated rings. The molecule has 4 aromatic rings. The van der Waals surface area contributed by atoms with Crippen LogP contribution in [0.15, 0.2) is 54.6 Å². The molecule has 0 bridgehead atoms. The second-order valence-corrected chi connectivity index (χ2v) is 6.09. The number of thiazole rings is 1. The summed E-state index contributed by atoms with van der Waals surface area (Å²) in [5.74, 6) is -0.345. The van der Waals surface area contributed by atoms with Gasteiger partial charge in [-0.05, 0) is 19.1 Å². The molecular formula is C18H14N2O2S. The van der Waals surface area contributed by atoms with E-state index < -0.39 is 0 Å². The molecule has 0 spiro atoms. The van der Waals surface area contributed by atoms with Crippen molar-refractivity contribution in [2.24, 2.45) is 0 Å². The highest BCUT2D eigenvalue weighted by Crippen LogP contribution is 2.33. The molecule has 0 aliphatic heterocycles. The Hall–Kier alpha value is -2.66. The van der Waals surface area contributed by atoms with E-state index in [-0.39, 0.29) is 5.97 Å². The highest BCUT2D eigenvalue weighted by molar-refractivity contribution is 7.23. The number of carbonyl (C=O) groups is 1. The fraction of sp³-hybridized carbons (Fsp3) is 0.111. The highest BCUT2D eigenvalue weighted by atomic mass is 32.1. The zero-order chi connectivity index (χ0) is 15.8. The summed E-state index contributed by atoms with van der Waals surface area (Å²) in [5, 5.41) is 0. The lowest BCUT2D eigenvalue weighted by Crippen LogP contribution is -2.09. The number of imidazole rings is 1. The molecule has 0 saturated heterocycles. The van der Waals surface area contributed by atoms with E-state index in [1.807, 2.05) is 65.9 Å². The fourth-order valence-corrected chi connectivity index (χ4v) is 3.73. The van der Waals surface area contributed by atoms with E-state index in [0.717, 1.165) is 20.7 Å². The molecular weight excluding hydrogens is 308 g/mol. The lowest BCUT2D eigenvalue weighted by molar-refractivity contribution is 0.0520. The van der Waals surface area contributed by atoms with Crippen LogP contribution in [-0.4, -0.2) is 22.0 Å². The molecule has 4 rings (SSSR count). The average Bonchev–Trinajstić information content (AvgIpc) is 3.11. The topological polar surface area (TPSA) is 43.6 Å². The number of hydrogen-bond acceptors (Lipinski definition) is 4. The molecule has 23 heavy (non-hydrogen) atoms. The standard InChI is InChI=1S/C18H14N2O2S/c1-2-22-17(21)16-15(12-8-4-3-5-9-12)19-18-20(16)13-10-6-7-11-14(13)23-18/h3-11H,2H2,1H3. The third-order valence-corrected chi connectivity index (χ3v) is 4.69. The number of ether oxygens (including phenoxy) is 1. The summed E-state index contributed by atoms with van der Waals surface area (Å²) < 4.78 is 8.28. The SMILES string of the molecule is CCOC(=O)c1c(-c2ccccc2)nc2sc3ccccc3n12. The number of rotatable bonds is 3. The van der Waals surface area contributed by atoms with Crippen molar-refractivity contribution in [2.75, 3.05) is 6.61 Å². The van der Waals surface area contributed by atoms with E-state index in [9.17, 15) is 4.79 Å². The summed E-state index contributed by atoms with van der Waals surface area (Å²) in [6.45, 7) is 2.15. The van der Waals surface area contributed by atoms with Crippen molar-refractivity contribution in [3.05, 3.63) is 60.3 Å². The molecule has 0 aliphatic rings. The van der Waals surface area contributed by atoms with Crippen molar-refractivity contribution >= 4 is 32.5 Å². The van der Waals surface area contributed by atoms with Crippen LogP contribution in [-0.2, 0) is 4.74 Å². The van der Waals surface area contributed by atoms with Crippen molar-refractivity contribution in [3.8, 4) is 11.3 Å². The van der Waals surface area contributed by atoms with Crippen molar-refractivity contribution in [1.82, 2.24) is 9.38 Å². The van der Waals surface area contributed by atoms with Gasteiger partial charge in [-0.2, -0.15) is 0 Å². The summed E-state index contributed by atoms with van der Waals surface area (Å²) in [4.78, 5) is 18.1. The van der Waals surface area contributed by atoms with Crippen LogP contribution >= 0.6 is 11.3 Å². The Kier molecular flexibility index (Phi) is 3.35. The molecule has 2 heterocycles. The van der Waals surface area contributed by atoms with Crippen molar-refractivity contribution in [3.63, 3.8) is 0 Å².